The maximum absolute atomic E-state index is 6.08. The molecule has 0 saturated heterocycles. The van der Waals surface area contributed by atoms with E-state index in [4.69, 9.17) is 16.3 Å². The SMILES string of the molecule is COc1ccc(CNc2cc(C)nc(Nc3cc(Cl)ccc3C)n2)cc1. The van der Waals surface area contributed by atoms with Crippen LogP contribution < -0.4 is 15.4 Å². The Bertz CT molecular complexity index is 897. The minimum Gasteiger partial charge on any atom is -0.497 e. The summed E-state index contributed by atoms with van der Waals surface area (Å²) >= 11 is 6.08. The number of aromatic nitrogens is 2. The van der Waals surface area contributed by atoms with Crippen LogP contribution in [0.4, 0.5) is 17.5 Å². The molecule has 0 saturated carbocycles. The Labute approximate surface area is 158 Å². The summed E-state index contributed by atoms with van der Waals surface area (Å²) in [6.07, 6.45) is 0. The second-order valence-corrected chi connectivity index (χ2v) is 6.44. The highest BCUT2D eigenvalue weighted by Crippen LogP contribution is 2.23. The second-order valence-electron chi connectivity index (χ2n) is 6.00. The molecule has 0 aliphatic carbocycles. The summed E-state index contributed by atoms with van der Waals surface area (Å²) in [7, 11) is 1.66. The molecular weight excluding hydrogens is 348 g/mol. The quantitative estimate of drug-likeness (QED) is 0.633. The van der Waals surface area contributed by atoms with E-state index in [-0.39, 0.29) is 0 Å². The van der Waals surface area contributed by atoms with Gasteiger partial charge in [-0.25, -0.2) is 4.98 Å². The molecule has 0 bridgehead atoms. The standard InChI is InChI=1S/C20H21ClN4O/c1-13-4-7-16(21)11-18(13)24-20-23-14(2)10-19(25-20)22-12-15-5-8-17(26-3)9-6-15/h4-11H,12H2,1-3H3,(H2,22,23,24,25). The van der Waals surface area contributed by atoms with E-state index in [0.717, 1.165) is 34.1 Å². The van der Waals surface area contributed by atoms with Gasteiger partial charge in [0.15, 0.2) is 0 Å². The third-order valence-electron chi connectivity index (χ3n) is 3.93. The first-order valence-corrected chi connectivity index (χ1v) is 8.67. The normalized spacial score (nSPS) is 10.5. The zero-order valence-corrected chi connectivity index (χ0v) is 15.8. The number of hydrogen-bond acceptors (Lipinski definition) is 5. The van der Waals surface area contributed by atoms with E-state index in [1.165, 1.54) is 0 Å². The van der Waals surface area contributed by atoms with Gasteiger partial charge < -0.3 is 15.4 Å². The number of anilines is 3. The summed E-state index contributed by atoms with van der Waals surface area (Å²) in [5.74, 6) is 2.14. The first-order chi connectivity index (χ1) is 12.5. The van der Waals surface area contributed by atoms with Crippen LogP contribution in [0.15, 0.2) is 48.5 Å². The number of rotatable bonds is 6. The number of halogens is 1. The lowest BCUT2D eigenvalue weighted by Gasteiger charge is -2.12. The maximum atomic E-state index is 6.08. The van der Waals surface area contributed by atoms with Crippen LogP contribution >= 0.6 is 11.6 Å². The molecule has 0 unspecified atom stereocenters. The number of aryl methyl sites for hydroxylation is 2. The summed E-state index contributed by atoms with van der Waals surface area (Å²) in [6.45, 7) is 4.61. The fourth-order valence-electron chi connectivity index (χ4n) is 2.50. The van der Waals surface area contributed by atoms with Crippen LogP contribution in [-0.2, 0) is 6.54 Å². The van der Waals surface area contributed by atoms with E-state index in [9.17, 15) is 0 Å². The van der Waals surface area contributed by atoms with Crippen molar-refractivity contribution < 1.29 is 4.74 Å². The second kappa shape index (κ2) is 8.06. The predicted octanol–water partition coefficient (Wildman–Crippen LogP) is 5.11. The van der Waals surface area contributed by atoms with Crippen LogP contribution in [0.2, 0.25) is 5.02 Å². The topological polar surface area (TPSA) is 59.1 Å². The van der Waals surface area contributed by atoms with Gasteiger partial charge >= 0.3 is 0 Å². The molecule has 134 valence electrons. The first-order valence-electron chi connectivity index (χ1n) is 8.29. The third-order valence-corrected chi connectivity index (χ3v) is 4.17. The first kappa shape index (κ1) is 18.0. The highest BCUT2D eigenvalue weighted by Gasteiger charge is 2.06. The van der Waals surface area contributed by atoms with Crippen molar-refractivity contribution in [3.8, 4) is 5.75 Å². The molecule has 3 aromatic rings. The third kappa shape index (κ3) is 4.64. The van der Waals surface area contributed by atoms with E-state index in [1.807, 2.05) is 62.4 Å². The van der Waals surface area contributed by atoms with E-state index in [2.05, 4.69) is 20.6 Å². The van der Waals surface area contributed by atoms with Crippen LogP contribution in [-0.4, -0.2) is 17.1 Å². The molecule has 0 aliphatic heterocycles. The Morgan fingerprint density at radius 2 is 1.77 bits per heavy atom. The molecule has 0 spiro atoms. The van der Waals surface area contributed by atoms with Crippen LogP contribution in [0.5, 0.6) is 5.75 Å². The zero-order valence-electron chi connectivity index (χ0n) is 15.0. The van der Waals surface area contributed by atoms with Gasteiger partial charge in [0, 0.05) is 29.0 Å². The number of nitrogens with one attached hydrogen (secondary N) is 2. The minimum absolute atomic E-state index is 0.535. The van der Waals surface area contributed by atoms with Crippen LogP contribution in [0.1, 0.15) is 16.8 Å². The number of benzene rings is 2. The van der Waals surface area contributed by atoms with Gasteiger partial charge in [0.2, 0.25) is 5.95 Å². The Balaban J connectivity index is 1.73. The van der Waals surface area contributed by atoms with Gasteiger partial charge in [0.05, 0.1) is 7.11 Å². The summed E-state index contributed by atoms with van der Waals surface area (Å²) in [5, 5.41) is 7.25. The maximum Gasteiger partial charge on any atom is 0.229 e. The van der Waals surface area contributed by atoms with Gasteiger partial charge in [-0.1, -0.05) is 29.8 Å². The van der Waals surface area contributed by atoms with Crippen molar-refractivity contribution in [1.29, 1.82) is 0 Å². The van der Waals surface area contributed by atoms with E-state index < -0.39 is 0 Å². The number of nitrogens with zero attached hydrogens (tertiary/aromatic N) is 2. The molecule has 3 rings (SSSR count). The summed E-state index contributed by atoms with van der Waals surface area (Å²) < 4.78 is 5.18. The molecule has 2 aromatic carbocycles. The zero-order chi connectivity index (χ0) is 18.5. The highest BCUT2D eigenvalue weighted by atomic mass is 35.5. The van der Waals surface area contributed by atoms with Crippen molar-refractivity contribution in [3.05, 3.63) is 70.4 Å². The van der Waals surface area contributed by atoms with Crippen molar-refractivity contribution in [2.45, 2.75) is 20.4 Å². The largest absolute Gasteiger partial charge is 0.497 e. The van der Waals surface area contributed by atoms with Gasteiger partial charge in [-0.05, 0) is 49.2 Å². The number of methoxy groups -OCH3 is 1. The van der Waals surface area contributed by atoms with Crippen LogP contribution in [0.25, 0.3) is 0 Å². The predicted molar refractivity (Wildman–Crippen MR) is 107 cm³/mol. The van der Waals surface area contributed by atoms with Crippen LogP contribution in [0, 0.1) is 13.8 Å². The Hall–Kier alpha value is -2.79. The van der Waals surface area contributed by atoms with Gasteiger partial charge in [-0.15, -0.1) is 0 Å². The highest BCUT2D eigenvalue weighted by molar-refractivity contribution is 6.30. The van der Waals surface area contributed by atoms with Gasteiger partial charge in [-0.2, -0.15) is 4.98 Å². The lowest BCUT2D eigenvalue weighted by atomic mass is 10.2. The number of hydrogen-bond donors (Lipinski definition) is 2. The van der Waals surface area contributed by atoms with Crippen molar-refractivity contribution >= 4 is 29.1 Å². The molecule has 2 N–H and O–H groups in total. The molecule has 1 aromatic heterocycles. The Kier molecular flexibility index (Phi) is 5.58. The van der Waals surface area contributed by atoms with Crippen molar-refractivity contribution in [2.75, 3.05) is 17.7 Å². The molecule has 0 fully saturated rings. The molecule has 1 heterocycles. The van der Waals surface area contributed by atoms with Gasteiger partial charge in [-0.3, -0.25) is 0 Å². The fraction of sp³-hybridized carbons (Fsp3) is 0.200. The average molecular weight is 369 g/mol. The average Bonchev–Trinajstić information content (AvgIpc) is 2.63. The Morgan fingerprint density at radius 1 is 1.00 bits per heavy atom. The van der Waals surface area contributed by atoms with E-state index in [1.54, 1.807) is 7.11 Å². The van der Waals surface area contributed by atoms with Crippen molar-refractivity contribution in [3.63, 3.8) is 0 Å². The molecule has 26 heavy (non-hydrogen) atoms. The summed E-state index contributed by atoms with van der Waals surface area (Å²) in [5.41, 5.74) is 3.98. The van der Waals surface area contributed by atoms with Crippen LogP contribution in [0.3, 0.4) is 0 Å². The lowest BCUT2D eigenvalue weighted by Crippen LogP contribution is -2.06. The smallest absolute Gasteiger partial charge is 0.229 e. The Morgan fingerprint density at radius 3 is 2.50 bits per heavy atom. The fourth-order valence-corrected chi connectivity index (χ4v) is 2.67. The summed E-state index contributed by atoms with van der Waals surface area (Å²) in [6, 6.07) is 15.5. The van der Waals surface area contributed by atoms with Crippen molar-refractivity contribution in [1.82, 2.24) is 9.97 Å². The molecule has 0 atom stereocenters. The van der Waals surface area contributed by atoms with Gasteiger partial charge in [0.1, 0.15) is 11.6 Å². The molecule has 0 amide bonds. The molecule has 0 radical (unpaired) electrons. The van der Waals surface area contributed by atoms with E-state index >= 15 is 0 Å². The van der Waals surface area contributed by atoms with Crippen molar-refractivity contribution in [2.24, 2.45) is 0 Å². The van der Waals surface area contributed by atoms with E-state index in [0.29, 0.717) is 17.5 Å². The lowest BCUT2D eigenvalue weighted by molar-refractivity contribution is 0.414. The molecular formula is C20H21ClN4O. The van der Waals surface area contributed by atoms with Gasteiger partial charge in [0.25, 0.3) is 0 Å². The summed E-state index contributed by atoms with van der Waals surface area (Å²) in [4.78, 5) is 9.00. The molecule has 0 aliphatic rings. The molecule has 6 heteroatoms. The number of ether oxygens (including phenoxy) is 1. The minimum atomic E-state index is 0.535. The monoisotopic (exact) mass is 368 g/mol. The molecule has 5 nitrogen and oxygen atoms in total.